The van der Waals surface area contributed by atoms with Crippen molar-refractivity contribution in [2.45, 2.75) is 63.3 Å². The number of hydrogen-bond donors (Lipinski definition) is 2. The molecule has 10 heteroatoms. The van der Waals surface area contributed by atoms with E-state index in [4.69, 9.17) is 35.3 Å². The summed E-state index contributed by atoms with van der Waals surface area (Å²) in [6.45, 7) is 3.47. The van der Waals surface area contributed by atoms with Gasteiger partial charge in [-0.3, -0.25) is 9.59 Å². The lowest BCUT2D eigenvalue weighted by molar-refractivity contribution is -0.242. The summed E-state index contributed by atoms with van der Waals surface area (Å²) in [5.74, 6) is -0.440. The third-order valence-electron chi connectivity index (χ3n) is 6.34. The van der Waals surface area contributed by atoms with Crippen LogP contribution in [0.1, 0.15) is 43.1 Å². The standard InChI is InChI=1S/C27H31ClO9/c1-15(29)34-14-23-27(35-16(2)30)25(32)24(31)26(37-23)18-5-8-22(28)19(12-18)11-17-3-6-20(7-4-17)36-21-9-10-33-13-21/h3-8,12,21,23-27,31-32H,9-11,13-14H2,1-2H3/t21-,23+,24+,25+,26-,27+/m0/s1. The molecule has 2 aliphatic heterocycles. The van der Waals surface area contributed by atoms with Crippen LogP contribution in [0, 0.1) is 0 Å². The number of ether oxygens (including phenoxy) is 5. The maximum atomic E-state index is 11.6. The fourth-order valence-electron chi connectivity index (χ4n) is 4.50. The maximum absolute atomic E-state index is 11.6. The minimum absolute atomic E-state index is 0.0689. The number of aliphatic hydroxyl groups excluding tert-OH is 2. The number of halogens is 1. The van der Waals surface area contributed by atoms with E-state index in [0.717, 1.165) is 23.3 Å². The number of rotatable bonds is 8. The summed E-state index contributed by atoms with van der Waals surface area (Å²) in [4.78, 5) is 22.9. The molecule has 2 saturated heterocycles. The van der Waals surface area contributed by atoms with Crippen molar-refractivity contribution in [3.63, 3.8) is 0 Å². The van der Waals surface area contributed by atoms with Crippen LogP contribution in [0.2, 0.25) is 5.02 Å². The number of benzene rings is 2. The summed E-state index contributed by atoms with van der Waals surface area (Å²) in [6.07, 6.45) is -4.56. The van der Waals surface area contributed by atoms with Gasteiger partial charge in [0.15, 0.2) is 6.10 Å². The predicted molar refractivity (Wildman–Crippen MR) is 132 cm³/mol. The molecule has 200 valence electrons. The number of carbonyl (C=O) groups excluding carboxylic acids is 2. The maximum Gasteiger partial charge on any atom is 0.303 e. The molecular formula is C27H31ClO9. The van der Waals surface area contributed by atoms with Gasteiger partial charge in [0.1, 0.15) is 42.9 Å². The third kappa shape index (κ3) is 7.00. The molecule has 4 rings (SSSR count). The van der Waals surface area contributed by atoms with E-state index in [1.807, 2.05) is 24.3 Å². The number of hydrogen-bond acceptors (Lipinski definition) is 9. The summed E-state index contributed by atoms with van der Waals surface area (Å²) in [5, 5.41) is 22.1. The van der Waals surface area contributed by atoms with E-state index in [0.29, 0.717) is 30.2 Å². The molecule has 0 aliphatic carbocycles. The Morgan fingerprint density at radius 1 is 1.05 bits per heavy atom. The lowest BCUT2D eigenvalue weighted by Gasteiger charge is -2.42. The zero-order valence-corrected chi connectivity index (χ0v) is 21.4. The molecule has 0 spiro atoms. The minimum atomic E-state index is -1.46. The Morgan fingerprint density at radius 3 is 2.46 bits per heavy atom. The molecule has 6 atom stereocenters. The molecule has 2 aromatic carbocycles. The predicted octanol–water partition coefficient (Wildman–Crippen LogP) is 2.76. The van der Waals surface area contributed by atoms with Crippen LogP contribution in [-0.4, -0.2) is 72.5 Å². The summed E-state index contributed by atoms with van der Waals surface area (Å²) in [5.41, 5.74) is 2.36. The van der Waals surface area contributed by atoms with E-state index < -0.39 is 42.5 Å². The van der Waals surface area contributed by atoms with Gasteiger partial charge in [-0.15, -0.1) is 0 Å². The molecule has 2 N–H and O–H groups in total. The van der Waals surface area contributed by atoms with Crippen LogP contribution in [-0.2, 0) is 35.0 Å². The van der Waals surface area contributed by atoms with E-state index >= 15 is 0 Å². The van der Waals surface area contributed by atoms with Gasteiger partial charge in [-0.05, 0) is 41.3 Å². The van der Waals surface area contributed by atoms with Gasteiger partial charge in [0, 0.05) is 25.3 Å². The van der Waals surface area contributed by atoms with Crippen LogP contribution in [0.25, 0.3) is 0 Å². The van der Waals surface area contributed by atoms with Crippen LogP contribution in [0.5, 0.6) is 5.75 Å². The van der Waals surface area contributed by atoms with Crippen LogP contribution >= 0.6 is 11.6 Å². The van der Waals surface area contributed by atoms with Crippen molar-refractivity contribution in [3.05, 3.63) is 64.2 Å². The third-order valence-corrected chi connectivity index (χ3v) is 6.71. The minimum Gasteiger partial charge on any atom is -0.488 e. The Hall–Kier alpha value is -2.69. The van der Waals surface area contributed by atoms with Gasteiger partial charge in [0.2, 0.25) is 0 Å². The molecule has 9 nitrogen and oxygen atoms in total. The molecule has 0 bridgehead atoms. The van der Waals surface area contributed by atoms with Crippen LogP contribution in [0.15, 0.2) is 42.5 Å². The Morgan fingerprint density at radius 2 is 1.81 bits per heavy atom. The molecule has 0 radical (unpaired) electrons. The highest BCUT2D eigenvalue weighted by Crippen LogP contribution is 2.36. The van der Waals surface area contributed by atoms with Gasteiger partial charge >= 0.3 is 11.9 Å². The second-order valence-electron chi connectivity index (χ2n) is 9.23. The largest absolute Gasteiger partial charge is 0.488 e. The van der Waals surface area contributed by atoms with Gasteiger partial charge in [0.25, 0.3) is 0 Å². The van der Waals surface area contributed by atoms with E-state index in [1.54, 1.807) is 18.2 Å². The monoisotopic (exact) mass is 534 g/mol. The number of aliphatic hydroxyl groups is 2. The lowest BCUT2D eigenvalue weighted by atomic mass is 9.90. The van der Waals surface area contributed by atoms with Crippen molar-refractivity contribution in [1.82, 2.24) is 0 Å². The summed E-state index contributed by atoms with van der Waals surface area (Å²) in [6, 6.07) is 12.9. The Kier molecular flexibility index (Phi) is 9.04. The Balaban J connectivity index is 1.50. The quantitative estimate of drug-likeness (QED) is 0.492. The van der Waals surface area contributed by atoms with Crippen molar-refractivity contribution in [1.29, 1.82) is 0 Å². The highest BCUT2D eigenvalue weighted by atomic mass is 35.5. The second kappa shape index (κ2) is 12.2. The summed E-state index contributed by atoms with van der Waals surface area (Å²) < 4.78 is 27.5. The van der Waals surface area contributed by atoms with Gasteiger partial charge in [-0.1, -0.05) is 35.9 Å². The first-order valence-electron chi connectivity index (χ1n) is 12.1. The molecule has 0 unspecified atom stereocenters. The normalized spacial score (nSPS) is 27.5. The van der Waals surface area contributed by atoms with E-state index in [2.05, 4.69) is 0 Å². The smallest absolute Gasteiger partial charge is 0.303 e. The van der Waals surface area contributed by atoms with Crippen LogP contribution in [0.3, 0.4) is 0 Å². The first-order valence-corrected chi connectivity index (χ1v) is 12.5. The molecule has 2 aromatic rings. The SMILES string of the molecule is CC(=O)OC[C@H]1O[C@@H](c2ccc(Cl)c(Cc3ccc(O[C@H]4CCOC4)cc3)c2)[C@H](O)[C@@H](O)[C@@H]1OC(C)=O. The number of esters is 2. The molecule has 2 aliphatic rings. The fraction of sp³-hybridized carbons (Fsp3) is 0.481. The van der Waals surface area contributed by atoms with E-state index in [-0.39, 0.29) is 12.7 Å². The molecule has 2 heterocycles. The average molecular weight is 535 g/mol. The summed E-state index contributed by atoms with van der Waals surface area (Å²) >= 11 is 6.48. The summed E-state index contributed by atoms with van der Waals surface area (Å²) in [7, 11) is 0. The molecule has 0 amide bonds. The van der Waals surface area contributed by atoms with Crippen LogP contribution < -0.4 is 4.74 Å². The van der Waals surface area contributed by atoms with Crippen LogP contribution in [0.4, 0.5) is 0 Å². The van der Waals surface area contributed by atoms with Gasteiger partial charge in [0.05, 0.1) is 13.2 Å². The highest BCUT2D eigenvalue weighted by molar-refractivity contribution is 6.31. The van der Waals surface area contributed by atoms with Crippen molar-refractivity contribution in [2.75, 3.05) is 19.8 Å². The first kappa shape index (κ1) is 27.3. The van der Waals surface area contributed by atoms with Crippen molar-refractivity contribution < 1.29 is 43.5 Å². The lowest BCUT2D eigenvalue weighted by Crippen LogP contribution is -2.57. The highest BCUT2D eigenvalue weighted by Gasteiger charge is 2.47. The molecular weight excluding hydrogens is 504 g/mol. The van der Waals surface area contributed by atoms with Crippen molar-refractivity contribution >= 4 is 23.5 Å². The van der Waals surface area contributed by atoms with Gasteiger partial charge < -0.3 is 33.9 Å². The fourth-order valence-corrected chi connectivity index (χ4v) is 4.68. The molecule has 37 heavy (non-hydrogen) atoms. The Labute approximate surface area is 220 Å². The van der Waals surface area contributed by atoms with E-state index in [9.17, 15) is 19.8 Å². The van der Waals surface area contributed by atoms with Crippen molar-refractivity contribution in [3.8, 4) is 5.75 Å². The first-order chi connectivity index (χ1) is 17.7. The average Bonchev–Trinajstić information content (AvgIpc) is 3.37. The molecule has 2 fully saturated rings. The van der Waals surface area contributed by atoms with E-state index in [1.165, 1.54) is 13.8 Å². The zero-order chi connectivity index (χ0) is 26.5. The number of carbonyl (C=O) groups is 2. The molecule has 0 saturated carbocycles. The second-order valence-corrected chi connectivity index (χ2v) is 9.64. The molecule has 0 aromatic heterocycles. The topological polar surface area (TPSA) is 121 Å². The van der Waals surface area contributed by atoms with Crippen molar-refractivity contribution in [2.24, 2.45) is 0 Å². The van der Waals surface area contributed by atoms with Gasteiger partial charge in [-0.25, -0.2) is 0 Å². The van der Waals surface area contributed by atoms with Gasteiger partial charge in [-0.2, -0.15) is 0 Å². The zero-order valence-electron chi connectivity index (χ0n) is 20.7. The Bertz CT molecular complexity index is 1080.